The standard InChI is InChI=1S/C21H22FN5O2S2/c1-29-18-7-5-17(6-8-18)26-9-11-27(12-10-26)20-24-25-21(31-20)30-14-19(28)23-16-4-2-3-15(22)13-16/h2-8,13H,9-12,14H2,1H3,(H,23,28). The van der Waals surface area contributed by atoms with Gasteiger partial charge in [0.05, 0.1) is 12.9 Å². The molecule has 0 radical (unpaired) electrons. The van der Waals surface area contributed by atoms with Crippen LogP contribution in [0.15, 0.2) is 52.9 Å². The Morgan fingerprint density at radius 1 is 1.13 bits per heavy atom. The zero-order valence-electron chi connectivity index (χ0n) is 17.0. The summed E-state index contributed by atoms with van der Waals surface area (Å²) in [6, 6.07) is 13.9. The van der Waals surface area contributed by atoms with Crippen molar-refractivity contribution in [3.8, 4) is 5.75 Å². The first kappa shape index (κ1) is 21.4. The van der Waals surface area contributed by atoms with Gasteiger partial charge in [-0.3, -0.25) is 4.79 Å². The lowest BCUT2D eigenvalue weighted by Crippen LogP contribution is -2.46. The molecule has 4 rings (SSSR count). The molecule has 1 aromatic heterocycles. The molecule has 1 aliphatic rings. The number of nitrogens with one attached hydrogen (secondary N) is 1. The molecule has 1 aliphatic heterocycles. The Morgan fingerprint density at radius 2 is 1.87 bits per heavy atom. The van der Waals surface area contributed by atoms with Gasteiger partial charge in [-0.2, -0.15) is 0 Å². The number of aromatic nitrogens is 2. The quantitative estimate of drug-likeness (QED) is 0.540. The van der Waals surface area contributed by atoms with Gasteiger partial charge in [0.2, 0.25) is 11.0 Å². The van der Waals surface area contributed by atoms with E-state index >= 15 is 0 Å². The molecule has 7 nitrogen and oxygen atoms in total. The summed E-state index contributed by atoms with van der Waals surface area (Å²) >= 11 is 2.81. The van der Waals surface area contributed by atoms with E-state index in [0.717, 1.165) is 41.4 Å². The van der Waals surface area contributed by atoms with Crippen LogP contribution < -0.4 is 19.9 Å². The van der Waals surface area contributed by atoms with Crippen LogP contribution in [0.4, 0.5) is 20.9 Å². The summed E-state index contributed by atoms with van der Waals surface area (Å²) in [6.07, 6.45) is 0. The third-order valence-corrected chi connectivity index (χ3v) is 6.94. The SMILES string of the molecule is COc1ccc(N2CCN(c3nnc(SCC(=O)Nc4cccc(F)c4)s3)CC2)cc1. The summed E-state index contributed by atoms with van der Waals surface area (Å²) in [7, 11) is 1.67. The van der Waals surface area contributed by atoms with Gasteiger partial charge in [0.1, 0.15) is 11.6 Å². The van der Waals surface area contributed by atoms with Gasteiger partial charge < -0.3 is 19.9 Å². The second-order valence-electron chi connectivity index (χ2n) is 6.87. The molecule has 31 heavy (non-hydrogen) atoms. The number of rotatable bonds is 7. The predicted molar refractivity (Wildman–Crippen MR) is 123 cm³/mol. The summed E-state index contributed by atoms with van der Waals surface area (Å²) in [4.78, 5) is 16.6. The van der Waals surface area contributed by atoms with E-state index < -0.39 is 0 Å². The molecule has 1 saturated heterocycles. The summed E-state index contributed by atoms with van der Waals surface area (Å²) in [5.41, 5.74) is 1.62. The van der Waals surface area contributed by atoms with Crippen molar-refractivity contribution >= 4 is 45.5 Å². The zero-order valence-corrected chi connectivity index (χ0v) is 18.6. The molecular weight excluding hydrogens is 437 g/mol. The molecule has 0 atom stereocenters. The van der Waals surface area contributed by atoms with Gasteiger partial charge in [0.25, 0.3) is 0 Å². The van der Waals surface area contributed by atoms with Crippen molar-refractivity contribution in [1.82, 2.24) is 10.2 Å². The number of carbonyl (C=O) groups is 1. The topological polar surface area (TPSA) is 70.6 Å². The lowest BCUT2D eigenvalue weighted by atomic mass is 10.2. The highest BCUT2D eigenvalue weighted by Gasteiger charge is 2.21. The molecule has 0 unspecified atom stereocenters. The van der Waals surface area contributed by atoms with Crippen molar-refractivity contribution in [1.29, 1.82) is 0 Å². The second-order valence-corrected chi connectivity index (χ2v) is 9.05. The first-order valence-corrected chi connectivity index (χ1v) is 11.6. The Morgan fingerprint density at radius 3 is 2.58 bits per heavy atom. The maximum absolute atomic E-state index is 13.2. The first-order valence-electron chi connectivity index (χ1n) is 9.76. The highest BCUT2D eigenvalue weighted by Crippen LogP contribution is 2.29. The van der Waals surface area contributed by atoms with Crippen LogP contribution in [0, 0.1) is 5.82 Å². The van der Waals surface area contributed by atoms with E-state index in [9.17, 15) is 9.18 Å². The number of piperazine rings is 1. The van der Waals surface area contributed by atoms with Gasteiger partial charge in [-0.05, 0) is 42.5 Å². The van der Waals surface area contributed by atoms with E-state index in [-0.39, 0.29) is 17.5 Å². The minimum absolute atomic E-state index is 0.191. The van der Waals surface area contributed by atoms with Gasteiger partial charge in [0.15, 0.2) is 4.34 Å². The number of hydrogen-bond donors (Lipinski definition) is 1. The third-order valence-electron chi connectivity index (χ3n) is 4.82. The lowest BCUT2D eigenvalue weighted by Gasteiger charge is -2.35. The number of anilines is 3. The fraction of sp³-hybridized carbons (Fsp3) is 0.286. The lowest BCUT2D eigenvalue weighted by molar-refractivity contribution is -0.113. The van der Waals surface area contributed by atoms with E-state index in [0.29, 0.717) is 5.69 Å². The van der Waals surface area contributed by atoms with Crippen molar-refractivity contribution in [2.75, 3.05) is 54.2 Å². The number of ether oxygens (including phenoxy) is 1. The third kappa shape index (κ3) is 5.65. The van der Waals surface area contributed by atoms with E-state index in [4.69, 9.17) is 4.74 Å². The van der Waals surface area contributed by atoms with Crippen molar-refractivity contribution in [3.63, 3.8) is 0 Å². The van der Waals surface area contributed by atoms with Crippen LogP contribution in [0.25, 0.3) is 0 Å². The van der Waals surface area contributed by atoms with Gasteiger partial charge in [-0.25, -0.2) is 4.39 Å². The van der Waals surface area contributed by atoms with Crippen molar-refractivity contribution in [2.24, 2.45) is 0 Å². The molecule has 1 N–H and O–H groups in total. The number of amides is 1. The first-order chi connectivity index (χ1) is 15.1. The maximum atomic E-state index is 13.2. The Balaban J connectivity index is 1.25. The smallest absolute Gasteiger partial charge is 0.234 e. The summed E-state index contributed by atoms with van der Waals surface area (Å²) in [5, 5.41) is 12.0. The molecule has 1 amide bonds. The Labute approximate surface area is 188 Å². The monoisotopic (exact) mass is 459 g/mol. The molecule has 0 bridgehead atoms. The number of halogens is 1. The maximum Gasteiger partial charge on any atom is 0.234 e. The van der Waals surface area contributed by atoms with Crippen LogP contribution in [-0.4, -0.2) is 55.1 Å². The minimum atomic E-state index is -0.383. The number of nitrogens with zero attached hydrogens (tertiary/aromatic N) is 4. The Kier molecular flexibility index (Phi) is 6.88. The molecule has 10 heteroatoms. The van der Waals surface area contributed by atoms with E-state index in [1.807, 2.05) is 12.1 Å². The van der Waals surface area contributed by atoms with Crippen LogP contribution in [-0.2, 0) is 4.79 Å². The van der Waals surface area contributed by atoms with Crippen LogP contribution in [0.5, 0.6) is 5.75 Å². The van der Waals surface area contributed by atoms with Gasteiger partial charge in [-0.15, -0.1) is 10.2 Å². The van der Waals surface area contributed by atoms with Crippen LogP contribution in [0.3, 0.4) is 0 Å². The average Bonchev–Trinajstić information content (AvgIpc) is 3.27. The van der Waals surface area contributed by atoms with Crippen LogP contribution in [0.2, 0.25) is 0 Å². The number of thioether (sulfide) groups is 1. The molecule has 2 aromatic carbocycles. The Hall–Kier alpha value is -2.85. The molecule has 0 saturated carbocycles. The van der Waals surface area contributed by atoms with Gasteiger partial charge in [-0.1, -0.05) is 29.2 Å². The highest BCUT2D eigenvalue weighted by atomic mass is 32.2. The molecule has 0 aliphatic carbocycles. The van der Waals surface area contributed by atoms with E-state index in [1.165, 1.54) is 40.9 Å². The average molecular weight is 460 g/mol. The number of methoxy groups -OCH3 is 1. The number of carbonyl (C=O) groups excluding carboxylic acids is 1. The molecule has 0 spiro atoms. The fourth-order valence-corrected chi connectivity index (χ4v) is 4.92. The van der Waals surface area contributed by atoms with Crippen molar-refractivity contribution < 1.29 is 13.9 Å². The zero-order chi connectivity index (χ0) is 21.6. The van der Waals surface area contributed by atoms with E-state index in [1.54, 1.807) is 19.2 Å². The van der Waals surface area contributed by atoms with Gasteiger partial charge in [0, 0.05) is 37.6 Å². The normalized spacial score (nSPS) is 13.9. The molecular formula is C21H22FN5O2S2. The predicted octanol–water partition coefficient (Wildman–Crippen LogP) is 3.74. The number of benzene rings is 2. The summed E-state index contributed by atoms with van der Waals surface area (Å²) in [6.45, 7) is 3.49. The number of hydrogen-bond acceptors (Lipinski definition) is 8. The van der Waals surface area contributed by atoms with Crippen molar-refractivity contribution in [2.45, 2.75) is 4.34 Å². The second kappa shape index (κ2) is 9.97. The van der Waals surface area contributed by atoms with Gasteiger partial charge >= 0.3 is 0 Å². The molecule has 1 fully saturated rings. The van der Waals surface area contributed by atoms with Crippen molar-refractivity contribution in [3.05, 3.63) is 54.3 Å². The van der Waals surface area contributed by atoms with Crippen LogP contribution >= 0.6 is 23.1 Å². The molecule has 2 heterocycles. The minimum Gasteiger partial charge on any atom is -0.497 e. The highest BCUT2D eigenvalue weighted by molar-refractivity contribution is 8.01. The molecule has 162 valence electrons. The fourth-order valence-electron chi connectivity index (χ4n) is 3.23. The van der Waals surface area contributed by atoms with E-state index in [2.05, 4.69) is 37.4 Å². The van der Waals surface area contributed by atoms with Crippen LogP contribution in [0.1, 0.15) is 0 Å². The summed E-state index contributed by atoms with van der Waals surface area (Å²) < 4.78 is 19.2. The summed E-state index contributed by atoms with van der Waals surface area (Å²) in [5.74, 6) is 0.453. The molecule has 3 aromatic rings. The Bertz CT molecular complexity index is 1020. The largest absolute Gasteiger partial charge is 0.497 e.